The Morgan fingerprint density at radius 3 is 1.22 bits per heavy atom. The van der Waals surface area contributed by atoms with E-state index in [1.807, 2.05) is 42.5 Å². The van der Waals surface area contributed by atoms with Gasteiger partial charge in [-0.05, 0) is 58.7 Å². The minimum absolute atomic E-state index is 0.0645. The smallest absolute Gasteiger partial charge is 0.331 e. The number of ether oxygens (including phenoxy) is 13. The molecule has 392 valence electrons. The number of carbonyl (C=O) groups excluding carboxylic acids is 2. The van der Waals surface area contributed by atoms with Crippen LogP contribution in [0.3, 0.4) is 0 Å². The van der Waals surface area contributed by atoms with E-state index in [1.54, 1.807) is 78.2 Å². The second kappa shape index (κ2) is 24.6. The lowest BCUT2D eigenvalue weighted by atomic mass is 9.85. The molecular weight excluding hydrogens is 929 g/mol. The topological polar surface area (TPSA) is 154 Å². The van der Waals surface area contributed by atoms with Crippen molar-refractivity contribution in [2.75, 3.05) is 132 Å². The van der Waals surface area contributed by atoms with Gasteiger partial charge < -0.3 is 70.5 Å². The zero-order chi connectivity index (χ0) is 52.2. The van der Waals surface area contributed by atoms with Crippen molar-refractivity contribution in [2.45, 2.75) is 50.6 Å². The predicted molar refractivity (Wildman–Crippen MR) is 270 cm³/mol. The molecule has 2 aliphatic heterocycles. The molecule has 4 atom stereocenters. The van der Waals surface area contributed by atoms with Crippen molar-refractivity contribution in [3.8, 4) is 63.2 Å². The average Bonchev–Trinajstić information content (AvgIpc) is 3.40. The van der Waals surface area contributed by atoms with Crippen LogP contribution in [0.2, 0.25) is 0 Å². The molecule has 2 heterocycles. The Kier molecular flexibility index (Phi) is 18.7. The van der Waals surface area contributed by atoms with E-state index in [1.165, 1.54) is 0 Å². The van der Waals surface area contributed by atoms with E-state index in [9.17, 15) is 9.59 Å². The highest BCUT2D eigenvalue weighted by atomic mass is 16.6. The summed E-state index contributed by atoms with van der Waals surface area (Å²) in [6.07, 6.45) is 6.14. The maximum absolute atomic E-state index is 13.0. The third-order valence-corrected chi connectivity index (χ3v) is 14.4. The van der Waals surface area contributed by atoms with Crippen LogP contribution in [0.4, 0.5) is 0 Å². The Morgan fingerprint density at radius 1 is 0.458 bits per heavy atom. The van der Waals surface area contributed by atoms with Gasteiger partial charge in [-0.1, -0.05) is 6.07 Å². The van der Waals surface area contributed by atoms with Crippen molar-refractivity contribution in [3.63, 3.8) is 0 Å². The van der Waals surface area contributed by atoms with Gasteiger partial charge in [-0.15, -0.1) is 0 Å². The fourth-order valence-electron chi connectivity index (χ4n) is 10.6. The Morgan fingerprint density at radius 2 is 0.833 bits per heavy atom. The highest BCUT2D eigenvalue weighted by Crippen LogP contribution is 2.52. The average molecular weight is 1000 g/mol. The third kappa shape index (κ3) is 11.6. The second-order valence-corrected chi connectivity index (χ2v) is 18.3. The number of benzene rings is 4. The first kappa shape index (κ1) is 54.6. The number of likely N-dealkylation sites (N-methyl/N-ethyl adjacent to an activating group) is 2. The molecular formula is C55H74N2O15+2. The molecule has 0 amide bonds. The van der Waals surface area contributed by atoms with E-state index >= 15 is 0 Å². The molecule has 0 aliphatic carbocycles. The molecule has 0 spiro atoms. The summed E-state index contributed by atoms with van der Waals surface area (Å²) in [4.78, 5) is 25.9. The van der Waals surface area contributed by atoms with Crippen molar-refractivity contribution < 1.29 is 80.1 Å². The number of nitrogens with zero attached hydrogens (tertiary/aromatic N) is 2. The quantitative estimate of drug-likeness (QED) is 0.0279. The van der Waals surface area contributed by atoms with E-state index < -0.39 is 11.9 Å². The van der Waals surface area contributed by atoms with Crippen molar-refractivity contribution in [1.29, 1.82) is 0 Å². The summed E-state index contributed by atoms with van der Waals surface area (Å²) < 4.78 is 76.0. The van der Waals surface area contributed by atoms with Crippen LogP contribution in [0.15, 0.2) is 54.6 Å². The predicted octanol–water partition coefficient (Wildman–Crippen LogP) is 7.48. The fraction of sp³-hybridized carbons (Fsp3) is 0.491. The first-order valence-corrected chi connectivity index (χ1v) is 24.1. The van der Waals surface area contributed by atoms with E-state index in [0.29, 0.717) is 111 Å². The summed E-state index contributed by atoms with van der Waals surface area (Å²) >= 11 is 0. The van der Waals surface area contributed by atoms with Gasteiger partial charge in [0.2, 0.25) is 17.2 Å². The van der Waals surface area contributed by atoms with Crippen LogP contribution in [-0.4, -0.2) is 153 Å². The molecule has 0 radical (unpaired) electrons. The lowest BCUT2D eigenvalue weighted by molar-refractivity contribution is -0.941. The number of methoxy groups -OCH3 is 11. The van der Waals surface area contributed by atoms with Crippen LogP contribution in [-0.2, 0) is 44.7 Å². The first-order chi connectivity index (χ1) is 34.7. The van der Waals surface area contributed by atoms with E-state index in [0.717, 1.165) is 71.5 Å². The standard InChI is InChI=1S/C55H74N2O15/c1-56(24-20-37-33-45(64-7)52(67-10)54(69-12)49(37)39(56)28-35-16-17-41(60-3)42(30-35)61-4)22-14-26-71-47(58)18-19-48(59)72-27-15-23-57(2)25-21-38-34-46(65-8)53(68-11)55(70-13)50(38)40(57)29-36-31-43(62-5)51(66-9)44(32-36)63-6/h16-19,30-34,39-40H,14-15,20-29H2,1-13H3/q+2. The molecule has 2 aliphatic rings. The van der Waals surface area contributed by atoms with Gasteiger partial charge in [0.25, 0.3) is 0 Å². The minimum atomic E-state index is -0.630. The van der Waals surface area contributed by atoms with Crippen LogP contribution < -0.4 is 52.1 Å². The van der Waals surface area contributed by atoms with Gasteiger partial charge in [0.15, 0.2) is 46.0 Å². The number of hydrogen-bond acceptors (Lipinski definition) is 15. The van der Waals surface area contributed by atoms with Gasteiger partial charge in [-0.3, -0.25) is 0 Å². The molecule has 17 nitrogen and oxygen atoms in total. The normalized spacial score (nSPS) is 19.0. The van der Waals surface area contributed by atoms with Gasteiger partial charge in [-0.25, -0.2) is 9.59 Å². The molecule has 0 saturated carbocycles. The lowest BCUT2D eigenvalue weighted by Gasteiger charge is -2.46. The third-order valence-electron chi connectivity index (χ3n) is 14.4. The number of fused-ring (bicyclic) bond motifs is 2. The maximum atomic E-state index is 13.0. The molecule has 6 rings (SSSR count). The summed E-state index contributed by atoms with van der Waals surface area (Å²) in [5.41, 5.74) is 6.33. The molecule has 4 aromatic carbocycles. The molecule has 0 saturated heterocycles. The van der Waals surface area contributed by atoms with E-state index in [-0.39, 0.29) is 25.3 Å². The zero-order valence-electron chi connectivity index (χ0n) is 44.4. The summed E-state index contributed by atoms with van der Waals surface area (Å²) in [5.74, 6) is 5.18. The highest BCUT2D eigenvalue weighted by Gasteiger charge is 2.44. The van der Waals surface area contributed by atoms with Crippen molar-refractivity contribution >= 4 is 11.9 Å². The molecule has 0 fully saturated rings. The second-order valence-electron chi connectivity index (χ2n) is 18.3. The Balaban J connectivity index is 1.10. The van der Waals surface area contributed by atoms with Crippen LogP contribution in [0.5, 0.6) is 63.2 Å². The van der Waals surface area contributed by atoms with E-state index in [2.05, 4.69) is 14.1 Å². The summed E-state index contributed by atoms with van der Waals surface area (Å²) in [7, 11) is 22.2. The monoisotopic (exact) mass is 1000 g/mol. The molecule has 72 heavy (non-hydrogen) atoms. The van der Waals surface area contributed by atoms with Crippen LogP contribution in [0.25, 0.3) is 0 Å². The molecule has 17 heteroatoms. The number of hydrogen-bond donors (Lipinski definition) is 0. The molecule has 0 aromatic heterocycles. The Labute approximate surface area is 424 Å². The zero-order valence-corrected chi connectivity index (χ0v) is 44.4. The molecule has 4 unspecified atom stereocenters. The SMILES string of the molecule is COc1ccc(CC2c3c(cc(OC)c(OC)c3OC)CC[N+]2(C)CCCOC(=O)C=CC(=O)OCCC[N+]2(C)CCc3cc(OC)c(OC)c(OC)c3C2Cc2cc(OC)c(OC)c(OC)c2)cc1OC. The van der Waals surface area contributed by atoms with Crippen LogP contribution in [0.1, 0.15) is 58.3 Å². The number of carbonyl (C=O) groups is 2. The largest absolute Gasteiger partial charge is 0.493 e. The highest BCUT2D eigenvalue weighted by molar-refractivity contribution is 5.91. The van der Waals surface area contributed by atoms with Crippen LogP contribution >= 0.6 is 0 Å². The summed E-state index contributed by atoms with van der Waals surface area (Å²) in [6.45, 7) is 3.27. The number of esters is 2. The fourth-order valence-corrected chi connectivity index (χ4v) is 10.6. The number of rotatable bonds is 25. The van der Waals surface area contributed by atoms with Gasteiger partial charge in [0.05, 0.1) is 143 Å². The number of quaternary nitrogens is 2. The Bertz CT molecular complexity index is 2540. The lowest BCUT2D eigenvalue weighted by Crippen LogP contribution is -2.53. The van der Waals surface area contributed by atoms with Crippen molar-refractivity contribution in [3.05, 3.63) is 88.0 Å². The van der Waals surface area contributed by atoms with Gasteiger partial charge in [0.1, 0.15) is 12.1 Å². The molecule has 0 bridgehead atoms. The van der Waals surface area contributed by atoms with Gasteiger partial charge in [-0.2, -0.15) is 0 Å². The first-order valence-electron chi connectivity index (χ1n) is 24.1. The van der Waals surface area contributed by atoms with Gasteiger partial charge in [0, 0.05) is 50.7 Å². The Hall–Kier alpha value is -6.72. The van der Waals surface area contributed by atoms with Crippen molar-refractivity contribution in [1.82, 2.24) is 0 Å². The van der Waals surface area contributed by atoms with Crippen LogP contribution in [0, 0.1) is 0 Å². The summed E-state index contributed by atoms with van der Waals surface area (Å²) in [6, 6.07) is 13.8. The molecule has 4 aromatic rings. The molecule has 0 N–H and O–H groups in total. The summed E-state index contributed by atoms with van der Waals surface area (Å²) in [5, 5.41) is 0. The minimum Gasteiger partial charge on any atom is -0.493 e. The van der Waals surface area contributed by atoms with E-state index in [4.69, 9.17) is 61.6 Å². The van der Waals surface area contributed by atoms with Crippen molar-refractivity contribution in [2.24, 2.45) is 0 Å². The maximum Gasteiger partial charge on any atom is 0.331 e. The van der Waals surface area contributed by atoms with Gasteiger partial charge >= 0.3 is 11.9 Å².